The smallest absolute Gasteiger partial charge is 0.143 e. The van der Waals surface area contributed by atoms with Crippen LogP contribution in [0.25, 0.3) is 0 Å². The van der Waals surface area contributed by atoms with Crippen LogP contribution in [0.1, 0.15) is 12.0 Å². The maximum Gasteiger partial charge on any atom is 0.143 e. The van der Waals surface area contributed by atoms with Crippen LogP contribution in [0, 0.1) is 0 Å². The molecule has 2 heterocycles. The molecule has 0 aromatic heterocycles. The lowest BCUT2D eigenvalue weighted by Crippen LogP contribution is -3.19. The van der Waals surface area contributed by atoms with E-state index >= 15 is 0 Å². The summed E-state index contributed by atoms with van der Waals surface area (Å²) in [5, 5.41) is 3.43. The third kappa shape index (κ3) is 1.78. The average Bonchev–Trinajstić information content (AvgIpc) is 2.83. The van der Waals surface area contributed by atoms with Gasteiger partial charge in [0.15, 0.2) is 0 Å². The van der Waals surface area contributed by atoms with E-state index in [4.69, 9.17) is 11.6 Å². The Morgan fingerprint density at radius 1 is 1.40 bits per heavy atom. The van der Waals surface area contributed by atoms with Crippen molar-refractivity contribution < 1.29 is 10.2 Å². The summed E-state index contributed by atoms with van der Waals surface area (Å²) in [5.41, 5.74) is 1.31. The van der Waals surface area contributed by atoms with E-state index in [0.29, 0.717) is 0 Å². The van der Waals surface area contributed by atoms with Crippen molar-refractivity contribution in [3.05, 3.63) is 34.9 Å². The number of rotatable bonds is 2. The minimum Gasteiger partial charge on any atom is -0.334 e. The Morgan fingerprint density at radius 2 is 2.27 bits per heavy atom. The van der Waals surface area contributed by atoms with Crippen LogP contribution in [0.3, 0.4) is 0 Å². The first-order valence-corrected chi connectivity index (χ1v) is 6.12. The first-order valence-electron chi connectivity index (χ1n) is 5.74. The highest BCUT2D eigenvalue weighted by Gasteiger charge is 2.45. The van der Waals surface area contributed by atoms with Crippen molar-refractivity contribution in [3.63, 3.8) is 0 Å². The van der Waals surface area contributed by atoms with Crippen molar-refractivity contribution in [1.82, 2.24) is 0 Å². The summed E-state index contributed by atoms with van der Waals surface area (Å²) in [5.74, 6) is 0. The predicted octanol–water partition coefficient (Wildman–Crippen LogP) is -0.557. The molecule has 1 aromatic carbocycles. The molecule has 2 nitrogen and oxygen atoms in total. The standard InChI is InChI=1S/C12H15ClN2/c13-12-4-2-1-3-9(12)7-15-8-10-5-11(15)6-14-10/h1-4,10-11,14H,5-8H2/p+2/t10-,11-/m1/s1. The molecule has 80 valence electrons. The fourth-order valence-corrected chi connectivity index (χ4v) is 3.22. The molecule has 1 aromatic rings. The molecule has 0 spiro atoms. The van der Waals surface area contributed by atoms with Crippen LogP contribution in [-0.4, -0.2) is 25.2 Å². The molecule has 2 aliphatic rings. The number of nitrogens with one attached hydrogen (secondary N) is 1. The van der Waals surface area contributed by atoms with E-state index in [0.717, 1.165) is 23.7 Å². The number of nitrogens with two attached hydrogens (primary N) is 1. The van der Waals surface area contributed by atoms with Gasteiger partial charge >= 0.3 is 0 Å². The monoisotopic (exact) mass is 224 g/mol. The zero-order valence-corrected chi connectivity index (χ0v) is 9.50. The van der Waals surface area contributed by atoms with Crippen LogP contribution >= 0.6 is 11.6 Å². The molecule has 15 heavy (non-hydrogen) atoms. The van der Waals surface area contributed by atoms with Crippen LogP contribution in [-0.2, 0) is 6.54 Å². The summed E-state index contributed by atoms with van der Waals surface area (Å²) >= 11 is 6.18. The lowest BCUT2D eigenvalue weighted by Gasteiger charge is -2.22. The number of quaternary nitrogens is 2. The zero-order valence-electron chi connectivity index (χ0n) is 8.75. The SMILES string of the molecule is Clc1ccccc1C[NH+]1C[C@H]2C[C@@H]1C[NH2+]2. The van der Waals surface area contributed by atoms with Crippen molar-refractivity contribution in [3.8, 4) is 0 Å². The molecule has 2 fully saturated rings. The van der Waals surface area contributed by atoms with Crippen molar-refractivity contribution in [1.29, 1.82) is 0 Å². The summed E-state index contributed by atoms with van der Waals surface area (Å²) in [4.78, 5) is 1.73. The van der Waals surface area contributed by atoms with Gasteiger partial charge in [-0.05, 0) is 6.07 Å². The lowest BCUT2D eigenvalue weighted by atomic mass is 10.2. The van der Waals surface area contributed by atoms with Gasteiger partial charge in [-0.3, -0.25) is 0 Å². The molecule has 2 bridgehead atoms. The van der Waals surface area contributed by atoms with E-state index in [1.54, 1.807) is 4.90 Å². The van der Waals surface area contributed by atoms with Gasteiger partial charge in [0, 0.05) is 10.6 Å². The number of halogens is 1. The van der Waals surface area contributed by atoms with E-state index < -0.39 is 0 Å². The average molecular weight is 225 g/mol. The number of fused-ring (bicyclic) bond motifs is 2. The fraction of sp³-hybridized carbons (Fsp3) is 0.500. The quantitative estimate of drug-likeness (QED) is 0.673. The number of benzene rings is 1. The van der Waals surface area contributed by atoms with Gasteiger partial charge < -0.3 is 10.2 Å². The highest BCUT2D eigenvalue weighted by molar-refractivity contribution is 6.31. The van der Waals surface area contributed by atoms with Gasteiger partial charge in [-0.1, -0.05) is 29.8 Å². The third-order valence-corrected chi connectivity index (χ3v) is 4.19. The molecule has 0 radical (unpaired) electrons. The van der Waals surface area contributed by atoms with Crippen molar-refractivity contribution in [2.45, 2.75) is 25.0 Å². The molecule has 0 amide bonds. The Kier molecular flexibility index (Phi) is 2.43. The summed E-state index contributed by atoms with van der Waals surface area (Å²) in [6, 6.07) is 9.99. The third-order valence-electron chi connectivity index (χ3n) is 3.82. The Hall–Kier alpha value is -0.570. The van der Waals surface area contributed by atoms with Crippen LogP contribution < -0.4 is 10.2 Å². The zero-order chi connectivity index (χ0) is 10.3. The van der Waals surface area contributed by atoms with Gasteiger partial charge in [0.1, 0.15) is 31.7 Å². The summed E-state index contributed by atoms with van der Waals surface area (Å²) < 4.78 is 0. The Morgan fingerprint density at radius 3 is 2.93 bits per heavy atom. The Balaban J connectivity index is 1.73. The van der Waals surface area contributed by atoms with E-state index in [1.165, 1.54) is 25.1 Å². The number of likely N-dealkylation sites (tertiary alicyclic amines) is 1. The second kappa shape index (κ2) is 3.78. The molecule has 1 unspecified atom stereocenters. The highest BCUT2D eigenvalue weighted by atomic mass is 35.5. The number of hydrogen-bond acceptors (Lipinski definition) is 0. The van der Waals surface area contributed by atoms with E-state index in [2.05, 4.69) is 17.4 Å². The maximum atomic E-state index is 6.18. The van der Waals surface area contributed by atoms with Crippen molar-refractivity contribution in [2.24, 2.45) is 0 Å². The first kappa shape index (κ1) is 9.64. The second-order valence-electron chi connectivity index (χ2n) is 4.79. The maximum absolute atomic E-state index is 6.18. The molecular weight excluding hydrogens is 208 g/mol. The lowest BCUT2D eigenvalue weighted by molar-refractivity contribution is -0.963. The Labute approximate surface area is 95.2 Å². The minimum atomic E-state index is 0.867. The molecule has 2 saturated heterocycles. The molecule has 3 rings (SSSR count). The molecule has 3 heteroatoms. The molecule has 3 N–H and O–H groups in total. The van der Waals surface area contributed by atoms with Crippen LogP contribution in [0.4, 0.5) is 0 Å². The molecule has 2 aliphatic heterocycles. The first-order chi connectivity index (χ1) is 7.33. The van der Waals surface area contributed by atoms with Crippen molar-refractivity contribution in [2.75, 3.05) is 13.1 Å². The normalized spacial score (nSPS) is 33.5. The van der Waals surface area contributed by atoms with Gasteiger partial charge in [0.2, 0.25) is 0 Å². The van der Waals surface area contributed by atoms with Gasteiger partial charge in [0.25, 0.3) is 0 Å². The fourth-order valence-electron chi connectivity index (χ4n) is 3.02. The summed E-state index contributed by atoms with van der Waals surface area (Å²) in [6.07, 6.45) is 1.40. The minimum absolute atomic E-state index is 0.867. The van der Waals surface area contributed by atoms with Gasteiger partial charge in [0.05, 0.1) is 6.42 Å². The molecule has 0 aliphatic carbocycles. The van der Waals surface area contributed by atoms with Gasteiger partial charge in [-0.2, -0.15) is 0 Å². The van der Waals surface area contributed by atoms with Gasteiger partial charge in [-0.25, -0.2) is 0 Å². The van der Waals surface area contributed by atoms with E-state index in [9.17, 15) is 0 Å². The molecular formula is C12H17ClN2+2. The van der Waals surface area contributed by atoms with Crippen LogP contribution in [0.15, 0.2) is 24.3 Å². The molecule has 3 atom stereocenters. The predicted molar refractivity (Wildman–Crippen MR) is 60.0 cm³/mol. The van der Waals surface area contributed by atoms with Crippen LogP contribution in [0.5, 0.6) is 0 Å². The Bertz CT molecular complexity index is 366. The summed E-state index contributed by atoms with van der Waals surface area (Å²) in [6.45, 7) is 3.73. The van der Waals surface area contributed by atoms with Gasteiger partial charge in [-0.15, -0.1) is 0 Å². The van der Waals surface area contributed by atoms with E-state index in [1.807, 2.05) is 12.1 Å². The number of piperazine rings is 1. The topological polar surface area (TPSA) is 21.1 Å². The van der Waals surface area contributed by atoms with Crippen LogP contribution in [0.2, 0.25) is 5.02 Å². The highest BCUT2D eigenvalue weighted by Crippen LogP contribution is 2.14. The van der Waals surface area contributed by atoms with E-state index in [-0.39, 0.29) is 0 Å². The summed E-state index contributed by atoms with van der Waals surface area (Å²) in [7, 11) is 0. The van der Waals surface area contributed by atoms with Crippen molar-refractivity contribution >= 4 is 11.6 Å². The number of hydrogen-bond donors (Lipinski definition) is 2. The largest absolute Gasteiger partial charge is 0.334 e. The molecule has 0 saturated carbocycles. The second-order valence-corrected chi connectivity index (χ2v) is 5.20.